The van der Waals surface area contributed by atoms with Crippen LogP contribution in [0.2, 0.25) is 0 Å². The number of rotatable bonds is 5. The molecule has 0 N–H and O–H groups in total. The van der Waals surface area contributed by atoms with Crippen molar-refractivity contribution < 1.29 is 17.9 Å². The van der Waals surface area contributed by atoms with Crippen LogP contribution in [0.15, 0.2) is 83.8 Å². The molecule has 2 saturated heterocycles. The number of aromatic nitrogens is 2. The molecule has 2 aliphatic rings. The lowest BCUT2D eigenvalue weighted by Gasteiger charge is -2.35. The van der Waals surface area contributed by atoms with Crippen LogP contribution in [0.5, 0.6) is 0 Å². The Hall–Kier alpha value is -3.86. The summed E-state index contributed by atoms with van der Waals surface area (Å²) in [6.45, 7) is 3.82. The summed E-state index contributed by atoms with van der Waals surface area (Å²) >= 11 is 0. The van der Waals surface area contributed by atoms with E-state index in [2.05, 4.69) is 45.4 Å². The highest BCUT2D eigenvalue weighted by Crippen LogP contribution is 2.24. The van der Waals surface area contributed by atoms with Crippen LogP contribution in [0.25, 0.3) is 22.0 Å². The lowest BCUT2D eigenvalue weighted by molar-refractivity contribution is 0.0730. The summed E-state index contributed by atoms with van der Waals surface area (Å²) in [6, 6.07) is 24.7. The molecule has 0 atom stereocenters. The molecular formula is C29H29N5O4S. The minimum absolute atomic E-state index is 0.109. The van der Waals surface area contributed by atoms with Gasteiger partial charge in [-0.3, -0.25) is 4.79 Å². The Bertz CT molecular complexity index is 1580. The van der Waals surface area contributed by atoms with Crippen LogP contribution in [-0.4, -0.2) is 86.2 Å². The lowest BCUT2D eigenvalue weighted by Crippen LogP contribution is -2.49. The van der Waals surface area contributed by atoms with Gasteiger partial charge in [0.25, 0.3) is 5.91 Å². The van der Waals surface area contributed by atoms with Crippen LogP contribution in [0.3, 0.4) is 0 Å². The highest BCUT2D eigenvalue weighted by atomic mass is 32.2. The van der Waals surface area contributed by atoms with Crippen molar-refractivity contribution in [3.05, 3.63) is 84.4 Å². The molecule has 0 spiro atoms. The molecule has 2 aliphatic heterocycles. The van der Waals surface area contributed by atoms with E-state index in [-0.39, 0.29) is 10.8 Å². The fraction of sp³-hybridized carbons (Fsp3) is 0.276. The molecule has 0 bridgehead atoms. The molecule has 2 fully saturated rings. The molecule has 4 aromatic rings. The highest BCUT2D eigenvalue weighted by Gasteiger charge is 2.27. The predicted molar refractivity (Wildman–Crippen MR) is 149 cm³/mol. The smallest absolute Gasteiger partial charge is 0.253 e. The summed E-state index contributed by atoms with van der Waals surface area (Å²) in [5.74, 6) is 0.673. The highest BCUT2D eigenvalue weighted by molar-refractivity contribution is 7.89. The number of morpholine rings is 1. The van der Waals surface area contributed by atoms with Crippen molar-refractivity contribution in [2.75, 3.05) is 57.4 Å². The quantitative estimate of drug-likeness (QED) is 0.381. The van der Waals surface area contributed by atoms with Crippen LogP contribution in [0.4, 0.5) is 5.82 Å². The molecule has 39 heavy (non-hydrogen) atoms. The molecule has 10 heteroatoms. The maximum atomic E-state index is 13.1. The molecule has 9 nitrogen and oxygen atoms in total. The Morgan fingerprint density at radius 1 is 0.744 bits per heavy atom. The number of hydrogen-bond acceptors (Lipinski definition) is 7. The van der Waals surface area contributed by atoms with Crippen LogP contribution in [0.1, 0.15) is 10.4 Å². The van der Waals surface area contributed by atoms with E-state index in [0.29, 0.717) is 58.0 Å². The molecule has 0 aliphatic carbocycles. The number of amides is 1. The number of anilines is 1. The normalized spacial score (nSPS) is 16.9. The average molecular weight is 544 g/mol. The minimum atomic E-state index is -3.59. The standard InChI is InChI=1S/C29H29N5O4S/c35-29(23-7-9-26(10-8-23)39(36,37)34-17-19-38-20-18-34)33-15-13-32(14-16-33)28-12-11-27(30-31-28)25-6-5-22-3-1-2-4-24(22)21-25/h1-12,21H,13-20H2. The van der Waals surface area contributed by atoms with Gasteiger partial charge in [0.05, 0.1) is 23.8 Å². The molecule has 1 amide bonds. The predicted octanol–water partition coefficient (Wildman–Crippen LogP) is 3.28. The third-order valence-electron chi connectivity index (χ3n) is 7.30. The number of ether oxygens (including phenoxy) is 1. The molecular weight excluding hydrogens is 514 g/mol. The van der Waals surface area contributed by atoms with E-state index in [1.807, 2.05) is 24.3 Å². The Morgan fingerprint density at radius 2 is 1.46 bits per heavy atom. The summed E-state index contributed by atoms with van der Waals surface area (Å²) in [7, 11) is -3.59. The van der Waals surface area contributed by atoms with Crippen molar-refractivity contribution in [1.29, 1.82) is 0 Å². The summed E-state index contributed by atoms with van der Waals surface area (Å²) in [5.41, 5.74) is 2.31. The number of sulfonamides is 1. The first-order valence-corrected chi connectivity index (χ1v) is 14.5. The van der Waals surface area contributed by atoms with Gasteiger partial charge in [-0.05, 0) is 53.2 Å². The van der Waals surface area contributed by atoms with E-state index in [9.17, 15) is 13.2 Å². The van der Waals surface area contributed by atoms with Gasteiger partial charge in [-0.2, -0.15) is 4.31 Å². The average Bonchev–Trinajstić information content (AvgIpc) is 3.01. The van der Waals surface area contributed by atoms with Gasteiger partial charge in [-0.25, -0.2) is 8.42 Å². The molecule has 200 valence electrons. The van der Waals surface area contributed by atoms with Gasteiger partial charge in [-0.1, -0.05) is 36.4 Å². The number of carbonyl (C=O) groups excluding carboxylic acids is 1. The number of hydrogen-bond donors (Lipinski definition) is 0. The molecule has 0 unspecified atom stereocenters. The Kier molecular flexibility index (Phi) is 6.99. The van der Waals surface area contributed by atoms with Crippen molar-refractivity contribution in [3.8, 4) is 11.3 Å². The topological polar surface area (TPSA) is 95.9 Å². The van der Waals surface area contributed by atoms with Gasteiger partial charge in [0.1, 0.15) is 0 Å². The zero-order valence-electron chi connectivity index (χ0n) is 21.4. The van der Waals surface area contributed by atoms with E-state index >= 15 is 0 Å². The Morgan fingerprint density at radius 3 is 2.15 bits per heavy atom. The summed E-state index contributed by atoms with van der Waals surface area (Å²) in [4.78, 5) is 17.2. The van der Waals surface area contributed by atoms with Gasteiger partial charge in [0, 0.05) is 50.4 Å². The Labute approximate surface area is 227 Å². The number of carbonyl (C=O) groups is 1. The third kappa shape index (κ3) is 5.23. The monoisotopic (exact) mass is 543 g/mol. The second kappa shape index (κ2) is 10.7. The Balaban J connectivity index is 1.07. The van der Waals surface area contributed by atoms with Gasteiger partial charge >= 0.3 is 0 Å². The maximum Gasteiger partial charge on any atom is 0.253 e. The molecule has 0 saturated carbocycles. The van der Waals surface area contributed by atoms with Crippen LogP contribution >= 0.6 is 0 Å². The largest absolute Gasteiger partial charge is 0.379 e. The molecule has 0 radical (unpaired) electrons. The van der Waals surface area contributed by atoms with Gasteiger partial charge < -0.3 is 14.5 Å². The summed E-state index contributed by atoms with van der Waals surface area (Å²) < 4.78 is 32.4. The first-order valence-electron chi connectivity index (χ1n) is 13.0. The summed E-state index contributed by atoms with van der Waals surface area (Å²) in [6.07, 6.45) is 0. The molecule has 6 rings (SSSR count). The van der Waals surface area contributed by atoms with Gasteiger partial charge in [-0.15, -0.1) is 10.2 Å². The number of piperazine rings is 1. The minimum Gasteiger partial charge on any atom is -0.379 e. The van der Waals surface area contributed by atoms with Crippen molar-refractivity contribution in [1.82, 2.24) is 19.4 Å². The van der Waals surface area contributed by atoms with Crippen molar-refractivity contribution in [2.45, 2.75) is 4.90 Å². The van der Waals surface area contributed by atoms with Gasteiger partial charge in [0.2, 0.25) is 10.0 Å². The SMILES string of the molecule is O=C(c1ccc(S(=O)(=O)N2CCOCC2)cc1)N1CCN(c2ccc(-c3ccc4ccccc4c3)nn2)CC1. The van der Waals surface area contributed by atoms with E-state index in [1.165, 1.54) is 21.8 Å². The van der Waals surface area contributed by atoms with Crippen molar-refractivity contribution >= 4 is 32.5 Å². The van der Waals surface area contributed by atoms with Crippen LogP contribution in [0, 0.1) is 0 Å². The number of fused-ring (bicyclic) bond motifs is 1. The lowest BCUT2D eigenvalue weighted by atomic mass is 10.1. The molecule has 1 aromatic heterocycles. The second-order valence-corrected chi connectivity index (χ2v) is 11.6. The maximum absolute atomic E-state index is 13.1. The molecule has 3 aromatic carbocycles. The van der Waals surface area contributed by atoms with Gasteiger partial charge in [0.15, 0.2) is 5.82 Å². The van der Waals surface area contributed by atoms with Crippen LogP contribution in [-0.2, 0) is 14.8 Å². The second-order valence-electron chi connectivity index (χ2n) is 9.66. The van der Waals surface area contributed by atoms with Crippen molar-refractivity contribution in [3.63, 3.8) is 0 Å². The first kappa shape index (κ1) is 25.4. The zero-order chi connectivity index (χ0) is 26.8. The fourth-order valence-electron chi connectivity index (χ4n) is 5.02. The summed E-state index contributed by atoms with van der Waals surface area (Å²) in [5, 5.41) is 11.3. The number of nitrogens with zero attached hydrogens (tertiary/aromatic N) is 5. The van der Waals surface area contributed by atoms with E-state index in [4.69, 9.17) is 4.74 Å². The third-order valence-corrected chi connectivity index (χ3v) is 9.21. The zero-order valence-corrected chi connectivity index (χ0v) is 22.3. The molecule has 3 heterocycles. The van der Waals surface area contributed by atoms with Crippen LogP contribution < -0.4 is 4.90 Å². The van der Waals surface area contributed by atoms with Crippen molar-refractivity contribution in [2.24, 2.45) is 0 Å². The van der Waals surface area contributed by atoms with E-state index < -0.39 is 10.0 Å². The fourth-order valence-corrected chi connectivity index (χ4v) is 6.43. The first-order chi connectivity index (χ1) is 19.0. The number of benzene rings is 3. The van der Waals surface area contributed by atoms with E-state index in [1.54, 1.807) is 17.0 Å². The van der Waals surface area contributed by atoms with E-state index in [0.717, 1.165) is 22.5 Å².